The molecule has 1 heterocycles. The Balaban J connectivity index is 2.22. The van der Waals surface area contributed by atoms with Gasteiger partial charge in [0.25, 0.3) is 0 Å². The second-order valence-corrected chi connectivity index (χ2v) is 2.78. The van der Waals surface area contributed by atoms with Crippen LogP contribution in [0, 0.1) is 0 Å². The quantitative estimate of drug-likeness (QED) is 0.643. The third kappa shape index (κ3) is 1.24. The van der Waals surface area contributed by atoms with Gasteiger partial charge in [-0.25, -0.2) is 0 Å². The summed E-state index contributed by atoms with van der Waals surface area (Å²) in [6.45, 7) is 0. The van der Waals surface area contributed by atoms with Crippen molar-refractivity contribution in [3.63, 3.8) is 0 Å². The van der Waals surface area contributed by atoms with Gasteiger partial charge in [0.05, 0.1) is 17.6 Å². The molecule has 13 heavy (non-hydrogen) atoms. The summed E-state index contributed by atoms with van der Waals surface area (Å²) in [6, 6.07) is 1.27. The first kappa shape index (κ1) is 7.72. The van der Waals surface area contributed by atoms with Crippen molar-refractivity contribution in [2.24, 2.45) is 7.05 Å². The maximum atomic E-state index is 10.9. The smallest absolute Gasteiger partial charge is 0.249 e. The third-order valence-corrected chi connectivity index (χ3v) is 1.73. The van der Waals surface area contributed by atoms with Crippen molar-refractivity contribution in [3.05, 3.63) is 38.9 Å². The van der Waals surface area contributed by atoms with E-state index in [-0.39, 0.29) is 0 Å². The zero-order chi connectivity index (χ0) is 9.42. The first-order valence-electron chi connectivity index (χ1n) is 3.73. The summed E-state index contributed by atoms with van der Waals surface area (Å²) in [4.78, 5) is 21.4. The fourth-order valence-electron chi connectivity index (χ4n) is 1.05. The summed E-state index contributed by atoms with van der Waals surface area (Å²) in [5.74, 6) is 0. The molecule has 0 atom stereocenters. The monoisotopic (exact) mass is 177 g/mol. The predicted molar refractivity (Wildman–Crippen MR) is 47.8 cm³/mol. The second kappa shape index (κ2) is 2.55. The van der Waals surface area contributed by atoms with E-state index < -0.39 is 10.9 Å². The molecule has 5 heteroatoms. The molecule has 2 rings (SSSR count). The Labute approximate surface area is 73.3 Å². The Kier molecular flexibility index (Phi) is 1.51. The van der Waals surface area contributed by atoms with E-state index in [4.69, 9.17) is 0 Å². The van der Waals surface area contributed by atoms with Crippen LogP contribution in [0.2, 0.25) is 0 Å². The van der Waals surface area contributed by atoms with Crippen molar-refractivity contribution in [3.8, 4) is 0 Å². The number of aryl methyl sites for hydroxylation is 1. The molecule has 0 bridgehead atoms. The number of hydrogen-bond acceptors (Lipinski definition) is 4. The van der Waals surface area contributed by atoms with Crippen LogP contribution in [0.25, 0.3) is 0 Å². The van der Waals surface area contributed by atoms with Crippen LogP contribution in [-0.4, -0.2) is 9.78 Å². The molecular formula is C8H7N3O2. The molecule has 5 nitrogen and oxygen atoms in total. The minimum atomic E-state index is -0.469. The van der Waals surface area contributed by atoms with Gasteiger partial charge < -0.3 is 5.32 Å². The number of hydrogen-bond donors (Lipinski definition) is 1. The summed E-state index contributed by atoms with van der Waals surface area (Å²) >= 11 is 0. The van der Waals surface area contributed by atoms with Gasteiger partial charge in [0, 0.05) is 19.3 Å². The molecule has 0 amide bonds. The van der Waals surface area contributed by atoms with Gasteiger partial charge in [-0.2, -0.15) is 5.10 Å². The van der Waals surface area contributed by atoms with E-state index in [1.165, 1.54) is 6.07 Å². The number of nitrogens with one attached hydrogen (secondary N) is 1. The highest BCUT2D eigenvalue weighted by Crippen LogP contribution is 2.09. The van der Waals surface area contributed by atoms with Gasteiger partial charge >= 0.3 is 0 Å². The SMILES string of the molecule is Cn1cc(Nc2cc(=O)c2=O)cn1. The van der Waals surface area contributed by atoms with Gasteiger partial charge in [0.2, 0.25) is 10.9 Å². The second-order valence-electron chi connectivity index (χ2n) is 2.78. The lowest BCUT2D eigenvalue weighted by molar-refractivity contribution is 0.768. The number of anilines is 2. The summed E-state index contributed by atoms with van der Waals surface area (Å²) in [5.41, 5.74) is 0.114. The van der Waals surface area contributed by atoms with Crippen LogP contribution in [0.1, 0.15) is 0 Å². The molecule has 0 saturated carbocycles. The van der Waals surface area contributed by atoms with Crippen LogP contribution < -0.4 is 16.2 Å². The molecular weight excluding hydrogens is 170 g/mol. The van der Waals surface area contributed by atoms with E-state index >= 15 is 0 Å². The molecule has 1 aromatic heterocycles. The van der Waals surface area contributed by atoms with E-state index in [0.29, 0.717) is 11.4 Å². The Morgan fingerprint density at radius 3 is 2.69 bits per heavy atom. The Morgan fingerprint density at radius 1 is 1.46 bits per heavy atom. The van der Waals surface area contributed by atoms with E-state index in [1.807, 2.05) is 0 Å². The van der Waals surface area contributed by atoms with Gasteiger partial charge in [-0.15, -0.1) is 0 Å². The Morgan fingerprint density at radius 2 is 2.23 bits per heavy atom. The highest BCUT2D eigenvalue weighted by molar-refractivity contribution is 5.59. The largest absolute Gasteiger partial charge is 0.350 e. The average Bonchev–Trinajstić information content (AvgIpc) is 2.50. The Bertz CT molecular complexity index is 505. The topological polar surface area (TPSA) is 64.0 Å². The lowest BCUT2D eigenvalue weighted by Crippen LogP contribution is -2.31. The van der Waals surface area contributed by atoms with Crippen LogP contribution in [0.3, 0.4) is 0 Å². The van der Waals surface area contributed by atoms with Gasteiger partial charge in [0.1, 0.15) is 0 Å². The zero-order valence-corrected chi connectivity index (χ0v) is 6.94. The fourth-order valence-corrected chi connectivity index (χ4v) is 1.05. The molecule has 0 aliphatic heterocycles. The minimum absolute atomic E-state index is 0.331. The van der Waals surface area contributed by atoms with Crippen molar-refractivity contribution >= 4 is 11.4 Å². The molecule has 0 saturated heterocycles. The number of nitrogens with zero attached hydrogens (tertiary/aromatic N) is 2. The molecule has 0 fully saturated rings. The van der Waals surface area contributed by atoms with Gasteiger partial charge in [0.15, 0.2) is 0 Å². The summed E-state index contributed by atoms with van der Waals surface area (Å²) in [6.07, 6.45) is 3.30. The molecule has 1 aromatic carbocycles. The van der Waals surface area contributed by atoms with E-state index in [1.54, 1.807) is 24.1 Å². The molecule has 0 aliphatic rings. The van der Waals surface area contributed by atoms with Crippen LogP contribution in [0.5, 0.6) is 0 Å². The Hall–Kier alpha value is -1.91. The molecule has 66 valence electrons. The zero-order valence-electron chi connectivity index (χ0n) is 6.94. The van der Waals surface area contributed by atoms with Gasteiger partial charge in [-0.3, -0.25) is 14.3 Å². The van der Waals surface area contributed by atoms with Crippen LogP contribution >= 0.6 is 0 Å². The molecule has 0 unspecified atom stereocenters. The van der Waals surface area contributed by atoms with E-state index in [2.05, 4.69) is 10.4 Å². The molecule has 0 spiro atoms. The first-order valence-corrected chi connectivity index (χ1v) is 3.73. The standard InChI is InChI=1S/C8H7N3O2/c1-11-4-5(3-9-11)10-6-2-7(12)8(6)13/h2-4,10H,1H3. The highest BCUT2D eigenvalue weighted by atomic mass is 16.2. The molecule has 0 radical (unpaired) electrons. The maximum Gasteiger partial charge on any atom is 0.249 e. The lowest BCUT2D eigenvalue weighted by Gasteiger charge is -2.01. The van der Waals surface area contributed by atoms with Crippen LogP contribution in [0.4, 0.5) is 11.4 Å². The third-order valence-electron chi connectivity index (χ3n) is 1.73. The highest BCUT2D eigenvalue weighted by Gasteiger charge is 2.09. The summed E-state index contributed by atoms with van der Waals surface area (Å²) in [7, 11) is 1.77. The first-order chi connectivity index (χ1) is 6.16. The normalized spacial score (nSPS) is 10.5. The molecule has 1 N–H and O–H groups in total. The van der Waals surface area contributed by atoms with Crippen molar-refractivity contribution in [1.82, 2.24) is 9.78 Å². The summed E-state index contributed by atoms with van der Waals surface area (Å²) < 4.78 is 1.61. The van der Waals surface area contributed by atoms with E-state index in [0.717, 1.165) is 0 Å². The molecule has 2 aromatic rings. The van der Waals surface area contributed by atoms with Gasteiger partial charge in [-0.1, -0.05) is 0 Å². The minimum Gasteiger partial charge on any atom is -0.350 e. The van der Waals surface area contributed by atoms with Crippen molar-refractivity contribution in [1.29, 1.82) is 0 Å². The van der Waals surface area contributed by atoms with Crippen molar-refractivity contribution < 1.29 is 0 Å². The van der Waals surface area contributed by atoms with Crippen LogP contribution in [-0.2, 0) is 7.05 Å². The van der Waals surface area contributed by atoms with Crippen molar-refractivity contribution in [2.45, 2.75) is 0 Å². The molecule has 0 aliphatic carbocycles. The predicted octanol–water partition coefficient (Wildman–Crippen LogP) is -0.240. The fraction of sp³-hybridized carbons (Fsp3) is 0.125. The number of rotatable bonds is 2. The number of aromatic nitrogens is 2. The lowest BCUT2D eigenvalue weighted by atomic mass is 10.2. The van der Waals surface area contributed by atoms with Crippen LogP contribution in [0.15, 0.2) is 28.0 Å². The summed E-state index contributed by atoms with van der Waals surface area (Å²) in [5, 5.41) is 6.69. The average molecular weight is 177 g/mol. The van der Waals surface area contributed by atoms with Gasteiger partial charge in [-0.05, 0) is 0 Å². The van der Waals surface area contributed by atoms with E-state index in [9.17, 15) is 9.59 Å². The van der Waals surface area contributed by atoms with Crippen molar-refractivity contribution in [2.75, 3.05) is 5.32 Å². The maximum absolute atomic E-state index is 10.9.